The molecule has 3 rings (SSSR count). The summed E-state index contributed by atoms with van der Waals surface area (Å²) in [5.74, 6) is 0.581. The second-order valence-electron chi connectivity index (χ2n) is 4.67. The zero-order chi connectivity index (χ0) is 14.8. The summed E-state index contributed by atoms with van der Waals surface area (Å²) >= 11 is 3.39. The molecule has 106 valence electrons. The monoisotopic (exact) mass is 343 g/mol. The standard InChI is InChI=1S/C17H14BrNO2/c1-2-19-15-16(20)13-10-12(18)8-9-14(13)21-17(15)11-6-4-3-5-7-11/h3-10,19H,2H2,1H3. The highest BCUT2D eigenvalue weighted by molar-refractivity contribution is 9.10. The summed E-state index contributed by atoms with van der Waals surface area (Å²) in [5, 5.41) is 3.70. The van der Waals surface area contributed by atoms with Crippen LogP contribution in [0.4, 0.5) is 5.69 Å². The van der Waals surface area contributed by atoms with Gasteiger partial charge in [0.2, 0.25) is 5.43 Å². The molecule has 1 heterocycles. The highest BCUT2D eigenvalue weighted by atomic mass is 79.9. The maximum absolute atomic E-state index is 12.7. The minimum Gasteiger partial charge on any atom is -0.454 e. The Kier molecular flexibility index (Phi) is 3.80. The number of hydrogen-bond acceptors (Lipinski definition) is 3. The number of halogens is 1. The minimum absolute atomic E-state index is 0.0433. The van der Waals surface area contributed by atoms with Crippen LogP contribution < -0.4 is 10.7 Å². The zero-order valence-electron chi connectivity index (χ0n) is 11.5. The van der Waals surface area contributed by atoms with Crippen molar-refractivity contribution in [3.8, 4) is 11.3 Å². The Morgan fingerprint density at radius 2 is 1.90 bits per heavy atom. The third-order valence-corrected chi connectivity index (χ3v) is 3.74. The molecule has 0 saturated carbocycles. The maximum Gasteiger partial charge on any atom is 0.216 e. The molecule has 0 radical (unpaired) electrons. The van der Waals surface area contributed by atoms with Gasteiger partial charge in [0.1, 0.15) is 11.3 Å². The van der Waals surface area contributed by atoms with Crippen LogP contribution in [0.5, 0.6) is 0 Å². The van der Waals surface area contributed by atoms with Crippen molar-refractivity contribution >= 4 is 32.6 Å². The van der Waals surface area contributed by atoms with E-state index < -0.39 is 0 Å². The van der Waals surface area contributed by atoms with Gasteiger partial charge >= 0.3 is 0 Å². The summed E-state index contributed by atoms with van der Waals surface area (Å²) in [7, 11) is 0. The first kappa shape index (κ1) is 13.9. The average molecular weight is 344 g/mol. The average Bonchev–Trinajstić information content (AvgIpc) is 2.51. The van der Waals surface area contributed by atoms with E-state index in [1.54, 1.807) is 6.07 Å². The van der Waals surface area contributed by atoms with Crippen LogP contribution in [0, 0.1) is 0 Å². The molecule has 0 saturated heterocycles. The molecule has 0 aliphatic rings. The second kappa shape index (κ2) is 5.74. The predicted molar refractivity (Wildman–Crippen MR) is 89.8 cm³/mol. The topological polar surface area (TPSA) is 42.2 Å². The van der Waals surface area contributed by atoms with Crippen molar-refractivity contribution in [3.63, 3.8) is 0 Å². The molecule has 1 aromatic heterocycles. The van der Waals surface area contributed by atoms with Gasteiger partial charge in [0.15, 0.2) is 5.76 Å². The largest absolute Gasteiger partial charge is 0.454 e. The lowest BCUT2D eigenvalue weighted by Gasteiger charge is -2.11. The van der Waals surface area contributed by atoms with Gasteiger partial charge in [0.05, 0.1) is 5.39 Å². The van der Waals surface area contributed by atoms with Crippen LogP contribution in [-0.2, 0) is 0 Å². The molecule has 3 nitrogen and oxygen atoms in total. The van der Waals surface area contributed by atoms with Gasteiger partial charge in [-0.2, -0.15) is 0 Å². The molecule has 0 aliphatic carbocycles. The quantitative estimate of drug-likeness (QED) is 0.752. The molecule has 21 heavy (non-hydrogen) atoms. The van der Waals surface area contributed by atoms with Crippen LogP contribution in [0.25, 0.3) is 22.3 Å². The maximum atomic E-state index is 12.7. The molecule has 1 N–H and O–H groups in total. The summed E-state index contributed by atoms with van der Waals surface area (Å²) < 4.78 is 6.84. The SMILES string of the molecule is CCNc1c(-c2ccccc2)oc2ccc(Br)cc2c1=O. The summed E-state index contributed by atoms with van der Waals surface area (Å²) in [6.07, 6.45) is 0. The van der Waals surface area contributed by atoms with Gasteiger partial charge in [-0.15, -0.1) is 0 Å². The Labute approximate surface area is 130 Å². The lowest BCUT2D eigenvalue weighted by atomic mass is 10.1. The van der Waals surface area contributed by atoms with Crippen molar-refractivity contribution in [2.45, 2.75) is 6.92 Å². The van der Waals surface area contributed by atoms with Crippen molar-refractivity contribution in [3.05, 3.63) is 63.2 Å². The van der Waals surface area contributed by atoms with E-state index in [-0.39, 0.29) is 5.43 Å². The summed E-state index contributed by atoms with van der Waals surface area (Å²) in [4.78, 5) is 12.7. The number of anilines is 1. The fourth-order valence-corrected chi connectivity index (χ4v) is 2.66. The molecule has 0 atom stereocenters. The minimum atomic E-state index is -0.0433. The van der Waals surface area contributed by atoms with Gasteiger partial charge in [0.25, 0.3) is 0 Å². The lowest BCUT2D eigenvalue weighted by molar-refractivity contribution is 0.620. The van der Waals surface area contributed by atoms with E-state index in [0.29, 0.717) is 29.0 Å². The van der Waals surface area contributed by atoms with Crippen LogP contribution in [0.3, 0.4) is 0 Å². The van der Waals surface area contributed by atoms with E-state index >= 15 is 0 Å². The molecular weight excluding hydrogens is 330 g/mol. The van der Waals surface area contributed by atoms with Gasteiger partial charge in [-0.3, -0.25) is 4.79 Å². The van der Waals surface area contributed by atoms with Crippen molar-refractivity contribution in [2.75, 3.05) is 11.9 Å². The molecule has 0 amide bonds. The predicted octanol–water partition coefficient (Wildman–Crippen LogP) is 4.65. The van der Waals surface area contributed by atoms with Crippen molar-refractivity contribution < 1.29 is 4.42 Å². The van der Waals surface area contributed by atoms with E-state index in [1.807, 2.05) is 49.4 Å². The molecule has 0 aliphatic heterocycles. The van der Waals surface area contributed by atoms with Crippen LogP contribution in [0.1, 0.15) is 6.92 Å². The highest BCUT2D eigenvalue weighted by Gasteiger charge is 2.15. The van der Waals surface area contributed by atoms with Crippen molar-refractivity contribution in [1.29, 1.82) is 0 Å². The highest BCUT2D eigenvalue weighted by Crippen LogP contribution is 2.30. The van der Waals surface area contributed by atoms with E-state index in [4.69, 9.17) is 4.42 Å². The Hall–Kier alpha value is -2.07. The number of hydrogen-bond donors (Lipinski definition) is 1. The molecule has 3 aromatic rings. The first-order valence-corrected chi connectivity index (χ1v) is 7.55. The van der Waals surface area contributed by atoms with E-state index in [0.717, 1.165) is 10.0 Å². The smallest absolute Gasteiger partial charge is 0.216 e. The van der Waals surface area contributed by atoms with Gasteiger partial charge in [-0.1, -0.05) is 46.3 Å². The Balaban J connectivity index is 2.36. The summed E-state index contributed by atoms with van der Waals surface area (Å²) in [6.45, 7) is 2.61. The Morgan fingerprint density at radius 1 is 1.14 bits per heavy atom. The summed E-state index contributed by atoms with van der Waals surface area (Å²) in [5.41, 5.74) is 1.94. The fraction of sp³-hybridized carbons (Fsp3) is 0.118. The van der Waals surface area contributed by atoms with Crippen molar-refractivity contribution in [1.82, 2.24) is 0 Å². The second-order valence-corrected chi connectivity index (χ2v) is 5.59. The van der Waals surface area contributed by atoms with Crippen molar-refractivity contribution in [2.24, 2.45) is 0 Å². The summed E-state index contributed by atoms with van der Waals surface area (Å²) in [6, 6.07) is 15.1. The van der Waals surface area contributed by atoms with Crippen LogP contribution in [0.2, 0.25) is 0 Å². The van der Waals surface area contributed by atoms with Gasteiger partial charge < -0.3 is 9.73 Å². The zero-order valence-corrected chi connectivity index (χ0v) is 13.1. The fourth-order valence-electron chi connectivity index (χ4n) is 2.30. The molecule has 0 fully saturated rings. The van der Waals surface area contributed by atoms with Crippen LogP contribution in [0.15, 0.2) is 62.2 Å². The molecule has 4 heteroatoms. The first-order valence-electron chi connectivity index (χ1n) is 6.76. The van der Waals surface area contributed by atoms with Gasteiger partial charge in [0, 0.05) is 16.6 Å². The third-order valence-electron chi connectivity index (χ3n) is 3.24. The lowest BCUT2D eigenvalue weighted by Crippen LogP contribution is -2.13. The molecule has 0 unspecified atom stereocenters. The Morgan fingerprint density at radius 3 is 2.62 bits per heavy atom. The van der Waals surface area contributed by atoms with Gasteiger partial charge in [-0.25, -0.2) is 0 Å². The number of nitrogens with one attached hydrogen (secondary N) is 1. The number of benzene rings is 2. The molecule has 0 bridgehead atoms. The van der Waals surface area contributed by atoms with Crippen LogP contribution >= 0.6 is 15.9 Å². The molecule has 0 spiro atoms. The number of fused-ring (bicyclic) bond motifs is 1. The number of rotatable bonds is 3. The van der Waals surface area contributed by atoms with E-state index in [1.165, 1.54) is 0 Å². The van der Waals surface area contributed by atoms with E-state index in [9.17, 15) is 4.79 Å². The molecular formula is C17H14BrNO2. The third kappa shape index (κ3) is 2.59. The Bertz CT molecular complexity index is 841. The normalized spacial score (nSPS) is 10.8. The first-order chi connectivity index (χ1) is 10.2. The molecule has 2 aromatic carbocycles. The van der Waals surface area contributed by atoms with E-state index in [2.05, 4.69) is 21.2 Å². The van der Waals surface area contributed by atoms with Gasteiger partial charge in [-0.05, 0) is 25.1 Å². The van der Waals surface area contributed by atoms with Crippen LogP contribution in [-0.4, -0.2) is 6.54 Å².